The van der Waals surface area contributed by atoms with Gasteiger partial charge in [0, 0.05) is 49.7 Å². The van der Waals surface area contributed by atoms with Crippen molar-refractivity contribution in [2.24, 2.45) is 0 Å². The highest BCUT2D eigenvalue weighted by molar-refractivity contribution is 7.18. The Labute approximate surface area is 240 Å². The van der Waals surface area contributed by atoms with E-state index in [0.29, 0.717) is 30.8 Å². The molecular formula is C30H32N6O4S. The third kappa shape index (κ3) is 5.48. The zero-order chi connectivity index (χ0) is 28.5. The van der Waals surface area contributed by atoms with Gasteiger partial charge in [-0.05, 0) is 36.2 Å². The maximum absolute atomic E-state index is 13.8. The van der Waals surface area contributed by atoms with Gasteiger partial charge < -0.3 is 4.90 Å². The number of piperazine rings is 1. The summed E-state index contributed by atoms with van der Waals surface area (Å²) < 4.78 is 7.86. The quantitative estimate of drug-likeness (QED) is 0.304. The highest BCUT2D eigenvalue weighted by atomic mass is 32.1. The molecule has 212 valence electrons. The molecule has 0 amide bonds. The van der Waals surface area contributed by atoms with Crippen molar-refractivity contribution in [3.8, 4) is 22.5 Å². The molecule has 0 unspecified atom stereocenters. The Kier molecular flexibility index (Phi) is 7.57. The van der Waals surface area contributed by atoms with E-state index in [2.05, 4.69) is 33.9 Å². The van der Waals surface area contributed by atoms with Gasteiger partial charge in [0.1, 0.15) is 4.83 Å². The van der Waals surface area contributed by atoms with Crippen LogP contribution in [-0.4, -0.2) is 68.8 Å². The van der Waals surface area contributed by atoms with E-state index >= 15 is 0 Å². The molecule has 0 radical (unpaired) electrons. The van der Waals surface area contributed by atoms with Crippen molar-refractivity contribution in [2.45, 2.75) is 26.4 Å². The third-order valence-corrected chi connectivity index (χ3v) is 9.06. The summed E-state index contributed by atoms with van der Waals surface area (Å²) in [6, 6.07) is 17.5. The molecule has 1 aliphatic heterocycles. The Morgan fingerprint density at radius 2 is 1.66 bits per heavy atom. The minimum Gasteiger partial charge on any atom is -0.304 e. The molecule has 6 rings (SSSR count). The Hall–Kier alpha value is -4.06. The number of hydrogen-bond donors (Lipinski definition) is 1. The number of aryl methyl sites for hydroxylation is 1. The van der Waals surface area contributed by atoms with Crippen LogP contribution in [0.5, 0.6) is 0 Å². The number of aromatic amines is 1. The Morgan fingerprint density at radius 1 is 0.927 bits per heavy atom. The first-order valence-electron chi connectivity index (χ1n) is 13.8. The van der Waals surface area contributed by atoms with E-state index in [1.165, 1.54) is 15.9 Å². The molecule has 41 heavy (non-hydrogen) atoms. The maximum atomic E-state index is 13.8. The van der Waals surface area contributed by atoms with Crippen LogP contribution in [0.15, 0.2) is 73.5 Å². The molecule has 0 saturated carbocycles. The molecule has 1 fully saturated rings. The van der Waals surface area contributed by atoms with Crippen molar-refractivity contribution in [3.63, 3.8) is 0 Å². The number of nitrogens with one attached hydrogen (secondary N) is 1. The molecular weight excluding hydrogens is 540 g/mol. The fourth-order valence-electron chi connectivity index (χ4n) is 5.33. The zero-order valence-corrected chi connectivity index (χ0v) is 23.9. The molecule has 1 aliphatic rings. The van der Waals surface area contributed by atoms with Crippen LogP contribution in [0.3, 0.4) is 0 Å². The maximum Gasteiger partial charge on any atom is 0.439 e. The van der Waals surface area contributed by atoms with Crippen LogP contribution in [0.1, 0.15) is 17.4 Å². The van der Waals surface area contributed by atoms with Gasteiger partial charge in [0.15, 0.2) is 5.82 Å². The monoisotopic (exact) mass is 572 g/mol. The summed E-state index contributed by atoms with van der Waals surface area (Å²) in [4.78, 5) is 47.8. The first-order valence-corrected chi connectivity index (χ1v) is 14.6. The van der Waals surface area contributed by atoms with E-state index in [-0.39, 0.29) is 11.2 Å². The van der Waals surface area contributed by atoms with Gasteiger partial charge in [0.25, 0.3) is 5.56 Å². The van der Waals surface area contributed by atoms with Crippen molar-refractivity contribution in [1.82, 2.24) is 29.1 Å². The van der Waals surface area contributed by atoms with E-state index in [1.807, 2.05) is 54.6 Å². The second kappa shape index (κ2) is 11.4. The summed E-state index contributed by atoms with van der Waals surface area (Å²) in [7, 11) is 2.11. The summed E-state index contributed by atoms with van der Waals surface area (Å²) in [5, 5.41) is 4.45. The number of benzene rings is 2. The predicted molar refractivity (Wildman–Crippen MR) is 161 cm³/mol. The van der Waals surface area contributed by atoms with Crippen LogP contribution in [0.4, 0.5) is 0 Å². The molecule has 0 atom stereocenters. The average Bonchev–Trinajstić information content (AvgIpc) is 3.63. The summed E-state index contributed by atoms with van der Waals surface area (Å²) in [6.07, 6.45) is 0.805. The number of nitrogens with zero attached hydrogens (tertiary/aromatic N) is 5. The van der Waals surface area contributed by atoms with Crippen LogP contribution >= 0.6 is 11.3 Å². The number of thiophene rings is 1. The summed E-state index contributed by atoms with van der Waals surface area (Å²) in [6.45, 7) is 7.29. The zero-order valence-electron chi connectivity index (χ0n) is 23.1. The number of likely N-dealkylation sites (N-methyl/N-ethyl adjacent to an activating group) is 1. The second-order valence-corrected chi connectivity index (χ2v) is 11.6. The first kappa shape index (κ1) is 27.1. The van der Waals surface area contributed by atoms with E-state index in [9.17, 15) is 14.4 Å². The van der Waals surface area contributed by atoms with Crippen molar-refractivity contribution in [1.29, 1.82) is 0 Å². The molecule has 1 saturated heterocycles. The molecule has 11 heteroatoms. The highest BCUT2D eigenvalue weighted by Gasteiger charge is 2.19. The molecule has 3 aromatic heterocycles. The van der Waals surface area contributed by atoms with Gasteiger partial charge in [0.05, 0.1) is 11.9 Å². The Balaban J connectivity index is 1.32. The molecule has 5 aromatic rings. The lowest BCUT2D eigenvalue weighted by Crippen LogP contribution is -2.47. The van der Waals surface area contributed by atoms with Gasteiger partial charge in [-0.25, -0.2) is 9.59 Å². The Bertz CT molecular complexity index is 1850. The average molecular weight is 573 g/mol. The minimum atomic E-state index is -0.605. The fourth-order valence-corrected chi connectivity index (χ4v) is 6.41. The van der Waals surface area contributed by atoms with Gasteiger partial charge in [-0.1, -0.05) is 60.6 Å². The normalized spacial score (nSPS) is 14.7. The van der Waals surface area contributed by atoms with E-state index in [0.717, 1.165) is 64.6 Å². The molecule has 4 heterocycles. The highest BCUT2D eigenvalue weighted by Crippen LogP contribution is 2.30. The molecule has 0 aliphatic carbocycles. The second-order valence-electron chi connectivity index (χ2n) is 10.4. The number of rotatable bonds is 8. The summed E-state index contributed by atoms with van der Waals surface area (Å²) >= 11 is 1.52. The van der Waals surface area contributed by atoms with Crippen molar-refractivity contribution in [2.75, 3.05) is 39.8 Å². The van der Waals surface area contributed by atoms with Gasteiger partial charge in [0.2, 0.25) is 0 Å². The number of hydrogen-bond acceptors (Lipinski definition) is 8. The number of H-pyrrole nitrogens is 1. The summed E-state index contributed by atoms with van der Waals surface area (Å²) in [5.74, 6) is -0.238. The van der Waals surface area contributed by atoms with Crippen molar-refractivity contribution in [3.05, 3.63) is 96.4 Å². The van der Waals surface area contributed by atoms with Crippen molar-refractivity contribution < 1.29 is 4.52 Å². The Morgan fingerprint density at radius 3 is 2.34 bits per heavy atom. The largest absolute Gasteiger partial charge is 0.439 e. The smallest absolute Gasteiger partial charge is 0.304 e. The first-order chi connectivity index (χ1) is 19.9. The molecule has 2 aromatic carbocycles. The third-order valence-electron chi connectivity index (χ3n) is 7.76. The van der Waals surface area contributed by atoms with E-state index in [1.54, 1.807) is 4.57 Å². The lowest BCUT2D eigenvalue weighted by Gasteiger charge is -2.32. The predicted octanol–water partition coefficient (Wildman–Crippen LogP) is 3.09. The standard InChI is InChI=1S/C30H32N6O4S/c1-3-22-18-25-27(37)35(17-16-34-14-12-33(2)13-15-34)30(39)36(28(25)41-22)19-20-8-10-21(11-9-20)23-6-4-5-7-24(23)26-31-29(38)40-32-26/h4-11,18H,3,12-17,19H2,1-2H3,(H,31,32,38). The van der Waals surface area contributed by atoms with Gasteiger partial charge in [-0.2, -0.15) is 0 Å². The van der Waals surface area contributed by atoms with Crippen LogP contribution in [-0.2, 0) is 19.5 Å². The molecule has 0 spiro atoms. The van der Waals surface area contributed by atoms with Crippen LogP contribution < -0.4 is 17.0 Å². The van der Waals surface area contributed by atoms with Crippen LogP contribution in [0.2, 0.25) is 0 Å². The lowest BCUT2D eigenvalue weighted by atomic mass is 9.98. The van der Waals surface area contributed by atoms with Crippen LogP contribution in [0, 0.1) is 0 Å². The molecule has 0 bridgehead atoms. The topological polar surface area (TPSA) is 109 Å². The van der Waals surface area contributed by atoms with Gasteiger partial charge >= 0.3 is 11.4 Å². The van der Waals surface area contributed by atoms with Gasteiger partial charge in [-0.3, -0.25) is 28.3 Å². The number of aromatic nitrogens is 4. The fraction of sp³-hybridized carbons (Fsp3) is 0.333. The van der Waals surface area contributed by atoms with Crippen LogP contribution in [0.25, 0.3) is 32.7 Å². The SMILES string of the molecule is CCc1cc2c(=O)n(CCN3CCN(C)CC3)c(=O)n(Cc3ccc(-c4ccccc4-c4noc(=O)[nH]4)cc3)c2s1. The molecule has 10 nitrogen and oxygen atoms in total. The summed E-state index contributed by atoms with van der Waals surface area (Å²) in [5.41, 5.74) is 3.05. The van der Waals surface area contributed by atoms with Crippen molar-refractivity contribution >= 4 is 21.6 Å². The molecule has 1 N–H and O–H groups in total. The van der Waals surface area contributed by atoms with E-state index in [4.69, 9.17) is 4.52 Å². The number of fused-ring (bicyclic) bond motifs is 1. The lowest BCUT2D eigenvalue weighted by molar-refractivity contribution is 0.149. The van der Waals surface area contributed by atoms with Gasteiger partial charge in [-0.15, -0.1) is 11.3 Å². The minimum absolute atomic E-state index is 0.204. The van der Waals surface area contributed by atoms with E-state index < -0.39 is 5.76 Å².